The molecule has 0 amide bonds. The van der Waals surface area contributed by atoms with E-state index in [-0.39, 0.29) is 5.78 Å². The largest absolute Gasteiger partial charge is 0.496 e. The van der Waals surface area contributed by atoms with E-state index < -0.39 is 0 Å². The van der Waals surface area contributed by atoms with Gasteiger partial charge in [-0.15, -0.1) is 0 Å². The van der Waals surface area contributed by atoms with Crippen molar-refractivity contribution in [2.75, 3.05) is 19.1 Å². The SMILES string of the molecule is COc1cc(C)c(C(=O)CCSC)cc1C. The molecule has 88 valence electrons. The Morgan fingerprint density at radius 1 is 1.31 bits per heavy atom. The minimum atomic E-state index is 0.220. The maximum atomic E-state index is 11.9. The van der Waals surface area contributed by atoms with Gasteiger partial charge in [0.05, 0.1) is 7.11 Å². The van der Waals surface area contributed by atoms with Gasteiger partial charge in [0.15, 0.2) is 5.78 Å². The molecule has 1 aromatic carbocycles. The topological polar surface area (TPSA) is 26.3 Å². The van der Waals surface area contributed by atoms with Crippen LogP contribution in [0.25, 0.3) is 0 Å². The van der Waals surface area contributed by atoms with Crippen LogP contribution in [-0.2, 0) is 0 Å². The second-order valence-corrected chi connectivity index (χ2v) is 4.79. The van der Waals surface area contributed by atoms with E-state index in [1.165, 1.54) is 0 Å². The second kappa shape index (κ2) is 5.94. The molecule has 0 saturated heterocycles. The van der Waals surface area contributed by atoms with Gasteiger partial charge >= 0.3 is 0 Å². The number of carbonyl (C=O) groups excluding carboxylic acids is 1. The predicted molar refractivity (Wildman–Crippen MR) is 69.8 cm³/mol. The Morgan fingerprint density at radius 3 is 2.56 bits per heavy atom. The van der Waals surface area contributed by atoms with Crippen LogP contribution in [0.3, 0.4) is 0 Å². The Hall–Kier alpha value is -0.960. The predicted octanol–water partition coefficient (Wildman–Crippen LogP) is 3.25. The molecular weight excluding hydrogens is 220 g/mol. The van der Waals surface area contributed by atoms with Crippen LogP contribution < -0.4 is 4.74 Å². The zero-order chi connectivity index (χ0) is 12.1. The molecule has 0 aliphatic carbocycles. The van der Waals surface area contributed by atoms with E-state index in [4.69, 9.17) is 4.74 Å². The molecular formula is C13H18O2S. The smallest absolute Gasteiger partial charge is 0.163 e. The Kier molecular flexibility index (Phi) is 4.87. The fourth-order valence-corrected chi connectivity index (χ4v) is 2.03. The number of rotatable bonds is 5. The zero-order valence-corrected chi connectivity index (χ0v) is 11.1. The number of hydrogen-bond donors (Lipinski definition) is 0. The summed E-state index contributed by atoms with van der Waals surface area (Å²) in [6.45, 7) is 3.91. The first-order valence-electron chi connectivity index (χ1n) is 5.27. The number of methoxy groups -OCH3 is 1. The monoisotopic (exact) mass is 238 g/mol. The van der Waals surface area contributed by atoms with E-state index in [0.29, 0.717) is 6.42 Å². The van der Waals surface area contributed by atoms with E-state index in [9.17, 15) is 4.79 Å². The first kappa shape index (κ1) is 13.1. The van der Waals surface area contributed by atoms with Crippen molar-refractivity contribution in [2.24, 2.45) is 0 Å². The highest BCUT2D eigenvalue weighted by molar-refractivity contribution is 7.98. The van der Waals surface area contributed by atoms with E-state index in [2.05, 4.69) is 0 Å². The third kappa shape index (κ3) is 3.01. The van der Waals surface area contributed by atoms with E-state index in [1.807, 2.05) is 32.2 Å². The van der Waals surface area contributed by atoms with Crippen LogP contribution in [0.1, 0.15) is 27.9 Å². The van der Waals surface area contributed by atoms with E-state index in [0.717, 1.165) is 28.2 Å². The van der Waals surface area contributed by atoms with Crippen LogP contribution in [0.15, 0.2) is 12.1 Å². The number of aryl methyl sites for hydroxylation is 2. The first-order chi connectivity index (χ1) is 7.60. The van der Waals surface area contributed by atoms with Crippen molar-refractivity contribution in [1.82, 2.24) is 0 Å². The third-order valence-electron chi connectivity index (χ3n) is 2.58. The van der Waals surface area contributed by atoms with Crippen LogP contribution in [0, 0.1) is 13.8 Å². The summed E-state index contributed by atoms with van der Waals surface area (Å²) in [7, 11) is 1.65. The molecule has 3 heteroatoms. The van der Waals surface area contributed by atoms with Gasteiger partial charge in [0.25, 0.3) is 0 Å². The van der Waals surface area contributed by atoms with Crippen LogP contribution in [-0.4, -0.2) is 24.9 Å². The van der Waals surface area contributed by atoms with Crippen LogP contribution in [0.5, 0.6) is 5.75 Å². The van der Waals surface area contributed by atoms with Gasteiger partial charge in [-0.05, 0) is 43.4 Å². The van der Waals surface area contributed by atoms with Crippen molar-refractivity contribution in [1.29, 1.82) is 0 Å². The molecule has 0 aliphatic rings. The molecule has 0 radical (unpaired) electrons. The summed E-state index contributed by atoms with van der Waals surface area (Å²) in [6.07, 6.45) is 2.62. The van der Waals surface area contributed by atoms with Crippen molar-refractivity contribution in [3.63, 3.8) is 0 Å². The number of ketones is 1. The Bertz CT molecular complexity index is 386. The summed E-state index contributed by atoms with van der Waals surface area (Å²) in [5.41, 5.74) is 2.83. The third-order valence-corrected chi connectivity index (χ3v) is 3.19. The molecule has 0 fully saturated rings. The van der Waals surface area contributed by atoms with Crippen molar-refractivity contribution in [3.8, 4) is 5.75 Å². The number of carbonyl (C=O) groups is 1. The number of benzene rings is 1. The fourth-order valence-electron chi connectivity index (χ4n) is 1.64. The van der Waals surface area contributed by atoms with Gasteiger partial charge in [0.1, 0.15) is 5.75 Å². The summed E-state index contributed by atoms with van der Waals surface area (Å²) in [5, 5.41) is 0. The molecule has 0 aliphatic heterocycles. The number of hydrogen-bond acceptors (Lipinski definition) is 3. The molecule has 0 N–H and O–H groups in total. The van der Waals surface area contributed by atoms with E-state index in [1.54, 1.807) is 18.9 Å². The maximum absolute atomic E-state index is 11.9. The lowest BCUT2D eigenvalue weighted by Crippen LogP contribution is -2.04. The first-order valence-corrected chi connectivity index (χ1v) is 6.67. The molecule has 0 bridgehead atoms. The molecule has 0 aromatic heterocycles. The lowest BCUT2D eigenvalue weighted by Gasteiger charge is -2.10. The van der Waals surface area contributed by atoms with Crippen molar-refractivity contribution < 1.29 is 9.53 Å². The van der Waals surface area contributed by atoms with Gasteiger partial charge in [-0.1, -0.05) is 0 Å². The van der Waals surface area contributed by atoms with Gasteiger partial charge in [0.2, 0.25) is 0 Å². The van der Waals surface area contributed by atoms with Gasteiger partial charge < -0.3 is 4.74 Å². The lowest BCUT2D eigenvalue weighted by molar-refractivity contribution is 0.0989. The molecule has 0 heterocycles. The zero-order valence-electron chi connectivity index (χ0n) is 10.3. The Balaban J connectivity index is 2.97. The molecule has 16 heavy (non-hydrogen) atoms. The quantitative estimate of drug-likeness (QED) is 0.737. The summed E-state index contributed by atoms with van der Waals surface area (Å²) >= 11 is 1.70. The van der Waals surface area contributed by atoms with Crippen LogP contribution in [0.4, 0.5) is 0 Å². The van der Waals surface area contributed by atoms with Gasteiger partial charge in [-0.2, -0.15) is 11.8 Å². The highest BCUT2D eigenvalue weighted by Crippen LogP contribution is 2.23. The van der Waals surface area contributed by atoms with Gasteiger partial charge in [-0.25, -0.2) is 0 Å². The average Bonchev–Trinajstić information content (AvgIpc) is 2.28. The molecule has 0 spiro atoms. The van der Waals surface area contributed by atoms with Gasteiger partial charge in [0, 0.05) is 17.7 Å². The minimum Gasteiger partial charge on any atom is -0.496 e. The van der Waals surface area contributed by atoms with Gasteiger partial charge in [-0.3, -0.25) is 4.79 Å². The molecule has 1 aromatic rings. The number of Topliss-reactive ketones (excluding diaryl/α,β-unsaturated/α-hetero) is 1. The molecule has 0 saturated carbocycles. The summed E-state index contributed by atoms with van der Waals surface area (Å²) in [5.74, 6) is 1.94. The van der Waals surface area contributed by atoms with Crippen molar-refractivity contribution >= 4 is 17.5 Å². The van der Waals surface area contributed by atoms with Crippen LogP contribution in [0.2, 0.25) is 0 Å². The Morgan fingerprint density at radius 2 is 2.00 bits per heavy atom. The summed E-state index contributed by atoms with van der Waals surface area (Å²) < 4.78 is 5.23. The van der Waals surface area contributed by atoms with Crippen LogP contribution >= 0.6 is 11.8 Å². The maximum Gasteiger partial charge on any atom is 0.163 e. The Labute approximate surface area is 101 Å². The van der Waals surface area contributed by atoms with Crippen molar-refractivity contribution in [3.05, 3.63) is 28.8 Å². The minimum absolute atomic E-state index is 0.220. The fraction of sp³-hybridized carbons (Fsp3) is 0.462. The summed E-state index contributed by atoms with van der Waals surface area (Å²) in [4.78, 5) is 11.9. The lowest BCUT2D eigenvalue weighted by atomic mass is 10.00. The molecule has 2 nitrogen and oxygen atoms in total. The highest BCUT2D eigenvalue weighted by Gasteiger charge is 2.11. The average molecular weight is 238 g/mol. The molecule has 0 unspecified atom stereocenters. The number of ether oxygens (including phenoxy) is 1. The highest BCUT2D eigenvalue weighted by atomic mass is 32.2. The number of thioether (sulfide) groups is 1. The molecule has 0 atom stereocenters. The normalized spacial score (nSPS) is 10.2. The van der Waals surface area contributed by atoms with E-state index >= 15 is 0 Å². The summed E-state index contributed by atoms with van der Waals surface area (Å²) in [6, 6.07) is 3.86. The standard InChI is InChI=1S/C13H18O2S/c1-9-8-13(15-3)10(2)7-11(9)12(14)5-6-16-4/h7-8H,5-6H2,1-4H3. The van der Waals surface area contributed by atoms with Crippen molar-refractivity contribution in [2.45, 2.75) is 20.3 Å². The molecule has 1 rings (SSSR count). The second-order valence-electron chi connectivity index (χ2n) is 3.80.